The standard InChI is InChI=1S/C22H38N4OS/c1-23-22(24-12-6-15-27-20-7-3-2-4-8-20)25-17-19-10-13-26(14-11-19)18-21-9-5-16-28-21/h5,9,16,19-20H,2-4,6-8,10-15,17-18H2,1H3,(H2,23,24,25). The minimum Gasteiger partial charge on any atom is -0.378 e. The molecular formula is C22H38N4OS. The van der Waals surface area contributed by atoms with E-state index in [0.717, 1.165) is 44.5 Å². The summed E-state index contributed by atoms with van der Waals surface area (Å²) in [5.41, 5.74) is 0. The Morgan fingerprint density at radius 3 is 2.71 bits per heavy atom. The van der Waals surface area contributed by atoms with Crippen molar-refractivity contribution in [3.8, 4) is 0 Å². The van der Waals surface area contributed by atoms with Crippen molar-refractivity contribution < 1.29 is 4.74 Å². The van der Waals surface area contributed by atoms with Gasteiger partial charge in [0.05, 0.1) is 6.10 Å². The molecule has 2 heterocycles. The number of rotatable bonds is 9. The molecule has 1 aliphatic carbocycles. The molecule has 0 bridgehead atoms. The van der Waals surface area contributed by atoms with E-state index >= 15 is 0 Å². The van der Waals surface area contributed by atoms with Crippen molar-refractivity contribution in [1.82, 2.24) is 15.5 Å². The number of hydrogen-bond acceptors (Lipinski definition) is 4. The molecular weight excluding hydrogens is 368 g/mol. The number of piperidine rings is 1. The van der Waals surface area contributed by atoms with Gasteiger partial charge in [0.15, 0.2) is 5.96 Å². The number of thiophene rings is 1. The van der Waals surface area contributed by atoms with Gasteiger partial charge in [-0.3, -0.25) is 9.89 Å². The van der Waals surface area contributed by atoms with Gasteiger partial charge in [0, 0.05) is 38.2 Å². The monoisotopic (exact) mass is 406 g/mol. The van der Waals surface area contributed by atoms with Crippen molar-refractivity contribution in [2.24, 2.45) is 10.9 Å². The number of likely N-dealkylation sites (tertiary alicyclic amines) is 1. The van der Waals surface area contributed by atoms with Crippen molar-refractivity contribution in [2.45, 2.75) is 64.0 Å². The van der Waals surface area contributed by atoms with E-state index in [4.69, 9.17) is 4.74 Å². The third kappa shape index (κ3) is 7.72. The zero-order valence-corrected chi connectivity index (χ0v) is 18.3. The first kappa shape index (κ1) is 21.6. The summed E-state index contributed by atoms with van der Waals surface area (Å²) in [4.78, 5) is 8.43. The highest BCUT2D eigenvalue weighted by Crippen LogP contribution is 2.21. The Morgan fingerprint density at radius 2 is 2.00 bits per heavy atom. The van der Waals surface area contributed by atoms with Crippen LogP contribution < -0.4 is 10.6 Å². The fourth-order valence-corrected chi connectivity index (χ4v) is 4.94. The van der Waals surface area contributed by atoms with E-state index < -0.39 is 0 Å². The lowest BCUT2D eigenvalue weighted by Gasteiger charge is -2.32. The Balaban J connectivity index is 1.22. The van der Waals surface area contributed by atoms with Gasteiger partial charge in [-0.25, -0.2) is 0 Å². The predicted octanol–water partition coefficient (Wildman–Crippen LogP) is 3.86. The number of nitrogens with zero attached hydrogens (tertiary/aromatic N) is 2. The molecule has 28 heavy (non-hydrogen) atoms. The second-order valence-corrected chi connectivity index (χ2v) is 9.20. The molecule has 1 aromatic rings. The van der Waals surface area contributed by atoms with Crippen LogP contribution in [-0.4, -0.2) is 56.8 Å². The first-order chi connectivity index (χ1) is 13.8. The van der Waals surface area contributed by atoms with Crippen LogP contribution in [0.3, 0.4) is 0 Å². The normalized spacial score (nSPS) is 20.4. The molecule has 3 rings (SSSR count). The molecule has 1 saturated carbocycles. The van der Waals surface area contributed by atoms with E-state index in [2.05, 4.69) is 38.0 Å². The van der Waals surface area contributed by atoms with Gasteiger partial charge in [0.2, 0.25) is 0 Å². The molecule has 158 valence electrons. The maximum Gasteiger partial charge on any atom is 0.190 e. The molecule has 6 heteroatoms. The summed E-state index contributed by atoms with van der Waals surface area (Å²) in [7, 11) is 1.86. The average molecular weight is 407 g/mol. The summed E-state index contributed by atoms with van der Waals surface area (Å²) in [6, 6.07) is 4.39. The molecule has 5 nitrogen and oxygen atoms in total. The van der Waals surface area contributed by atoms with Crippen LogP contribution in [0.5, 0.6) is 0 Å². The lowest BCUT2D eigenvalue weighted by atomic mass is 9.97. The third-order valence-corrected chi connectivity index (χ3v) is 6.83. The van der Waals surface area contributed by atoms with Gasteiger partial charge in [-0.1, -0.05) is 25.3 Å². The SMILES string of the molecule is CN=C(NCCCOC1CCCCC1)NCC1CCN(Cc2cccs2)CC1. The molecule has 0 atom stereocenters. The van der Waals surface area contributed by atoms with Crippen LogP contribution in [0, 0.1) is 5.92 Å². The second-order valence-electron chi connectivity index (χ2n) is 8.16. The predicted molar refractivity (Wildman–Crippen MR) is 119 cm³/mol. The van der Waals surface area contributed by atoms with E-state index in [-0.39, 0.29) is 0 Å². The topological polar surface area (TPSA) is 48.9 Å². The summed E-state index contributed by atoms with van der Waals surface area (Å²) < 4.78 is 6.00. The fourth-order valence-electron chi connectivity index (χ4n) is 4.19. The summed E-state index contributed by atoms with van der Waals surface area (Å²) in [5.74, 6) is 1.67. The van der Waals surface area contributed by atoms with Crippen LogP contribution >= 0.6 is 11.3 Å². The average Bonchev–Trinajstić information content (AvgIpc) is 3.25. The van der Waals surface area contributed by atoms with Crippen molar-refractivity contribution in [3.63, 3.8) is 0 Å². The van der Waals surface area contributed by atoms with Gasteiger partial charge in [-0.2, -0.15) is 0 Å². The summed E-state index contributed by atoms with van der Waals surface area (Å²) >= 11 is 1.87. The lowest BCUT2D eigenvalue weighted by Crippen LogP contribution is -2.43. The summed E-state index contributed by atoms with van der Waals surface area (Å²) in [6.45, 7) is 6.32. The number of aliphatic imine (C=N–C) groups is 1. The molecule has 2 fully saturated rings. The summed E-state index contributed by atoms with van der Waals surface area (Å²) in [5, 5.41) is 9.13. The van der Waals surface area contributed by atoms with Crippen LogP contribution in [0.1, 0.15) is 56.2 Å². The Labute approximate surface area is 174 Å². The third-order valence-electron chi connectivity index (χ3n) is 5.97. The lowest BCUT2D eigenvalue weighted by molar-refractivity contribution is 0.0277. The van der Waals surface area contributed by atoms with Gasteiger partial charge in [0.1, 0.15) is 0 Å². The van der Waals surface area contributed by atoms with E-state index in [1.807, 2.05) is 18.4 Å². The zero-order chi connectivity index (χ0) is 19.4. The first-order valence-electron chi connectivity index (χ1n) is 11.1. The second kappa shape index (κ2) is 12.5. The van der Waals surface area contributed by atoms with Crippen LogP contribution in [-0.2, 0) is 11.3 Å². The van der Waals surface area contributed by atoms with Crippen molar-refractivity contribution >= 4 is 17.3 Å². The summed E-state index contributed by atoms with van der Waals surface area (Å²) in [6.07, 6.45) is 10.7. The van der Waals surface area contributed by atoms with E-state index in [1.54, 1.807) is 0 Å². The Hall–Kier alpha value is -1.11. The first-order valence-corrected chi connectivity index (χ1v) is 12.0. The van der Waals surface area contributed by atoms with Gasteiger partial charge in [0.25, 0.3) is 0 Å². The molecule has 0 amide bonds. The molecule has 2 N–H and O–H groups in total. The van der Waals surface area contributed by atoms with Gasteiger partial charge >= 0.3 is 0 Å². The van der Waals surface area contributed by atoms with Crippen molar-refractivity contribution in [2.75, 3.05) is 39.8 Å². The van der Waals surface area contributed by atoms with E-state index in [1.165, 1.54) is 62.9 Å². The molecule has 1 saturated heterocycles. The van der Waals surface area contributed by atoms with E-state index in [0.29, 0.717) is 6.10 Å². The van der Waals surface area contributed by atoms with Gasteiger partial charge < -0.3 is 15.4 Å². The maximum atomic E-state index is 6.00. The highest BCUT2D eigenvalue weighted by Gasteiger charge is 2.19. The molecule has 0 radical (unpaired) electrons. The molecule has 0 aromatic carbocycles. The Morgan fingerprint density at radius 1 is 1.18 bits per heavy atom. The molecule has 1 aliphatic heterocycles. The largest absolute Gasteiger partial charge is 0.378 e. The minimum atomic E-state index is 0.511. The number of ether oxygens (including phenoxy) is 1. The fraction of sp³-hybridized carbons (Fsp3) is 0.773. The zero-order valence-electron chi connectivity index (χ0n) is 17.5. The Bertz CT molecular complexity index is 549. The Kier molecular flexibility index (Phi) is 9.60. The smallest absolute Gasteiger partial charge is 0.190 e. The van der Waals surface area contributed by atoms with Crippen molar-refractivity contribution in [1.29, 1.82) is 0 Å². The molecule has 2 aliphatic rings. The minimum absolute atomic E-state index is 0.511. The van der Waals surface area contributed by atoms with Crippen molar-refractivity contribution in [3.05, 3.63) is 22.4 Å². The van der Waals surface area contributed by atoms with Crippen LogP contribution in [0.2, 0.25) is 0 Å². The van der Waals surface area contributed by atoms with Gasteiger partial charge in [-0.15, -0.1) is 11.3 Å². The number of nitrogens with one attached hydrogen (secondary N) is 2. The van der Waals surface area contributed by atoms with Crippen LogP contribution in [0.4, 0.5) is 0 Å². The number of guanidine groups is 1. The van der Waals surface area contributed by atoms with E-state index in [9.17, 15) is 0 Å². The van der Waals surface area contributed by atoms with Crippen LogP contribution in [0.25, 0.3) is 0 Å². The molecule has 0 unspecified atom stereocenters. The molecule has 1 aromatic heterocycles. The maximum absolute atomic E-state index is 6.00. The quantitative estimate of drug-likeness (QED) is 0.371. The highest BCUT2D eigenvalue weighted by molar-refractivity contribution is 7.09. The highest BCUT2D eigenvalue weighted by atomic mass is 32.1. The van der Waals surface area contributed by atoms with Gasteiger partial charge in [-0.05, 0) is 62.6 Å². The van der Waals surface area contributed by atoms with Crippen LogP contribution in [0.15, 0.2) is 22.5 Å². The number of hydrogen-bond donors (Lipinski definition) is 2. The molecule has 0 spiro atoms.